The van der Waals surface area contributed by atoms with Crippen LogP contribution in [0.4, 0.5) is 18.9 Å². The minimum Gasteiger partial charge on any atom is -0.462 e. The number of esters is 2. The fourth-order valence-electron chi connectivity index (χ4n) is 6.35. The fourth-order valence-corrected chi connectivity index (χ4v) is 7.21. The first-order valence-electron chi connectivity index (χ1n) is 17.5. The molecule has 2 aliphatic heterocycles. The second-order valence-electron chi connectivity index (χ2n) is 12.7. The Kier molecular flexibility index (Phi) is 11.2. The van der Waals surface area contributed by atoms with Crippen molar-refractivity contribution in [3.05, 3.63) is 94.9 Å². The largest absolute Gasteiger partial charge is 0.462 e. The molecule has 2 aromatic heterocycles. The standard InChI is InChI=1S/C37H34F3N7O8S/c1-4-51-35(49)37(36(50)52-5-2,45-43-22-11-12-25-30(15-22)56-19(3)41-25)42-33(48)28-16-27(32-29(54-28)18-53-34(55-32)20-9-7-6-8-10-20)47-17-26(44-46-47)21-13-23(38)31(40)24(39)14-21/h6-15,17,27-29,32,34H,4-5,16,18H2,1-3H3,(H,42,48)/t27-,28-,29-,32-,34?/m1/s1. The van der Waals surface area contributed by atoms with Crippen LogP contribution in [0.15, 0.2) is 77.1 Å². The first kappa shape index (κ1) is 38.6. The number of nitrogens with zero attached hydrogens (tertiary/aromatic N) is 6. The van der Waals surface area contributed by atoms with Gasteiger partial charge in [0.05, 0.1) is 53.0 Å². The molecule has 7 rings (SSSR count). The van der Waals surface area contributed by atoms with Crippen molar-refractivity contribution in [2.45, 2.75) is 63.5 Å². The molecule has 2 fully saturated rings. The number of carbonyl (C=O) groups is 3. The van der Waals surface area contributed by atoms with E-state index in [9.17, 15) is 27.6 Å². The monoisotopic (exact) mass is 793 g/mol. The molecule has 56 heavy (non-hydrogen) atoms. The minimum atomic E-state index is -2.80. The van der Waals surface area contributed by atoms with Crippen molar-refractivity contribution in [1.82, 2.24) is 25.3 Å². The van der Waals surface area contributed by atoms with E-state index in [0.717, 1.165) is 21.8 Å². The number of hydrogen-bond donors (Lipinski definition) is 1. The van der Waals surface area contributed by atoms with Gasteiger partial charge in [-0.1, -0.05) is 35.5 Å². The third kappa shape index (κ3) is 7.75. The van der Waals surface area contributed by atoms with Gasteiger partial charge >= 0.3 is 17.6 Å². The van der Waals surface area contributed by atoms with Crippen LogP contribution in [-0.2, 0) is 38.1 Å². The third-order valence-electron chi connectivity index (χ3n) is 8.97. The van der Waals surface area contributed by atoms with Gasteiger partial charge in [0.15, 0.2) is 23.7 Å². The van der Waals surface area contributed by atoms with E-state index in [1.165, 1.54) is 36.1 Å². The lowest BCUT2D eigenvalue weighted by molar-refractivity contribution is -0.297. The van der Waals surface area contributed by atoms with Crippen LogP contribution in [0.25, 0.3) is 21.5 Å². The van der Waals surface area contributed by atoms with Crippen LogP contribution in [-0.4, -0.2) is 81.6 Å². The first-order valence-corrected chi connectivity index (χ1v) is 18.3. The molecule has 1 amide bonds. The van der Waals surface area contributed by atoms with Crippen LogP contribution in [0, 0.1) is 24.4 Å². The molecule has 19 heteroatoms. The Hall–Kier alpha value is -5.63. The second-order valence-corrected chi connectivity index (χ2v) is 13.9. The SMILES string of the molecule is CCOC(=O)C(N=Nc1ccc2nc(C)sc2c1)(NC(=O)[C@H]1C[C@@H](n2cc(-c3cc(F)c(F)c(F)c3)nn2)[C@H]2OC(c3ccccc3)OC[C@H]2O1)C(=O)OCC. The highest BCUT2D eigenvalue weighted by molar-refractivity contribution is 7.18. The van der Waals surface area contributed by atoms with Crippen LogP contribution >= 0.6 is 11.3 Å². The number of fused-ring (bicyclic) bond motifs is 2. The summed E-state index contributed by atoms with van der Waals surface area (Å²) >= 11 is 1.40. The van der Waals surface area contributed by atoms with E-state index in [4.69, 9.17) is 23.7 Å². The zero-order chi connectivity index (χ0) is 39.6. The van der Waals surface area contributed by atoms with Crippen molar-refractivity contribution < 1.29 is 51.2 Å². The van der Waals surface area contributed by atoms with Crippen molar-refractivity contribution in [1.29, 1.82) is 0 Å². The summed E-state index contributed by atoms with van der Waals surface area (Å²) in [5.74, 6) is -7.97. The number of thiazole rings is 1. The van der Waals surface area contributed by atoms with Crippen LogP contribution in [0.1, 0.15) is 43.2 Å². The molecule has 5 aromatic rings. The van der Waals surface area contributed by atoms with Gasteiger partial charge in [0, 0.05) is 17.5 Å². The summed E-state index contributed by atoms with van der Waals surface area (Å²) in [4.78, 5) is 46.0. The average Bonchev–Trinajstić information content (AvgIpc) is 3.84. The number of benzene rings is 3. The molecule has 2 saturated heterocycles. The number of nitrogens with one attached hydrogen (secondary N) is 1. The predicted octanol–water partition coefficient (Wildman–Crippen LogP) is 5.82. The predicted molar refractivity (Wildman–Crippen MR) is 191 cm³/mol. The minimum absolute atomic E-state index is 0.00533. The maximum Gasteiger partial charge on any atom is 0.369 e. The highest BCUT2D eigenvalue weighted by atomic mass is 32.1. The van der Waals surface area contributed by atoms with Gasteiger partial charge in [-0.2, -0.15) is 5.11 Å². The van der Waals surface area contributed by atoms with Gasteiger partial charge in [0.2, 0.25) is 0 Å². The van der Waals surface area contributed by atoms with Gasteiger partial charge in [-0.05, 0) is 51.1 Å². The first-order chi connectivity index (χ1) is 27.0. The fraction of sp³-hybridized carbons (Fsp3) is 0.351. The Morgan fingerprint density at radius 3 is 2.41 bits per heavy atom. The molecule has 5 atom stereocenters. The molecule has 0 spiro atoms. The lowest BCUT2D eigenvalue weighted by atomic mass is 9.93. The lowest BCUT2D eigenvalue weighted by Gasteiger charge is -2.45. The number of ether oxygens (including phenoxy) is 5. The molecule has 15 nitrogen and oxygen atoms in total. The molecule has 0 aliphatic carbocycles. The van der Waals surface area contributed by atoms with Gasteiger partial charge in [0.25, 0.3) is 5.91 Å². The molecule has 0 radical (unpaired) electrons. The molecule has 292 valence electrons. The van der Waals surface area contributed by atoms with Gasteiger partial charge in [-0.25, -0.2) is 32.4 Å². The number of azo groups is 1. The normalized spacial score (nSPS) is 21.1. The Labute approximate surface area is 320 Å². The summed E-state index contributed by atoms with van der Waals surface area (Å²) in [6.45, 7) is 4.43. The summed E-state index contributed by atoms with van der Waals surface area (Å²) in [6.07, 6.45) is -2.84. The van der Waals surface area contributed by atoms with Crippen molar-refractivity contribution in [3.63, 3.8) is 0 Å². The third-order valence-corrected chi connectivity index (χ3v) is 9.90. The van der Waals surface area contributed by atoms with Crippen molar-refractivity contribution in [2.24, 2.45) is 10.2 Å². The lowest BCUT2D eigenvalue weighted by Crippen LogP contribution is -2.64. The van der Waals surface area contributed by atoms with Gasteiger partial charge in [-0.3, -0.25) is 4.79 Å². The second kappa shape index (κ2) is 16.2. The van der Waals surface area contributed by atoms with Crippen LogP contribution in [0.3, 0.4) is 0 Å². The summed E-state index contributed by atoms with van der Waals surface area (Å²) < 4.78 is 73.2. The van der Waals surface area contributed by atoms with E-state index in [1.54, 1.807) is 30.3 Å². The van der Waals surface area contributed by atoms with E-state index in [-0.39, 0.29) is 43.2 Å². The van der Waals surface area contributed by atoms with E-state index in [0.29, 0.717) is 11.1 Å². The highest BCUT2D eigenvalue weighted by Crippen LogP contribution is 2.40. The average molecular weight is 794 g/mol. The number of carbonyl (C=O) groups excluding carboxylic acids is 3. The summed E-state index contributed by atoms with van der Waals surface area (Å²) in [5, 5.41) is 19.7. The molecule has 0 bridgehead atoms. The summed E-state index contributed by atoms with van der Waals surface area (Å²) in [5.41, 5.74) is -1.24. The number of hydrogen-bond acceptors (Lipinski definition) is 14. The number of amides is 1. The molecule has 4 heterocycles. The van der Waals surface area contributed by atoms with E-state index in [1.807, 2.05) is 25.1 Å². The molecule has 1 N–H and O–H groups in total. The number of aromatic nitrogens is 4. The molecule has 0 saturated carbocycles. The maximum absolute atomic E-state index is 14.3. The van der Waals surface area contributed by atoms with Crippen LogP contribution in [0.5, 0.6) is 0 Å². The molecule has 1 unspecified atom stereocenters. The molecular formula is C37H34F3N7O8S. The van der Waals surface area contributed by atoms with Crippen molar-refractivity contribution in [2.75, 3.05) is 19.8 Å². The Morgan fingerprint density at radius 2 is 1.71 bits per heavy atom. The van der Waals surface area contributed by atoms with Gasteiger partial charge in [0.1, 0.15) is 24.0 Å². The topological polar surface area (TPSA) is 178 Å². The van der Waals surface area contributed by atoms with E-state index < -0.39 is 71.6 Å². The Balaban J connectivity index is 1.22. The summed E-state index contributed by atoms with van der Waals surface area (Å²) in [6, 6.07) is 14.7. The molecule has 3 aromatic carbocycles. The van der Waals surface area contributed by atoms with Crippen molar-refractivity contribution >= 4 is 45.1 Å². The van der Waals surface area contributed by atoms with Gasteiger partial charge < -0.3 is 29.0 Å². The Bertz CT molecular complexity index is 2250. The molecular weight excluding hydrogens is 760 g/mol. The van der Waals surface area contributed by atoms with E-state index >= 15 is 0 Å². The van der Waals surface area contributed by atoms with E-state index in [2.05, 4.69) is 30.8 Å². The molecule has 2 aliphatic rings. The quantitative estimate of drug-likeness (QED) is 0.0738. The maximum atomic E-state index is 14.3. The Morgan fingerprint density at radius 1 is 1.00 bits per heavy atom. The van der Waals surface area contributed by atoms with Crippen molar-refractivity contribution in [3.8, 4) is 11.3 Å². The van der Waals surface area contributed by atoms with Crippen LogP contribution < -0.4 is 5.32 Å². The number of rotatable bonds is 11. The zero-order valence-electron chi connectivity index (χ0n) is 30.1. The number of aryl methyl sites for hydroxylation is 1. The van der Waals surface area contributed by atoms with Gasteiger partial charge in [-0.15, -0.1) is 21.5 Å². The zero-order valence-corrected chi connectivity index (χ0v) is 30.9. The summed E-state index contributed by atoms with van der Waals surface area (Å²) in [7, 11) is 0. The smallest absolute Gasteiger partial charge is 0.369 e. The van der Waals surface area contributed by atoms with Crippen LogP contribution in [0.2, 0.25) is 0 Å². The highest BCUT2D eigenvalue weighted by Gasteiger charge is 2.55. The number of halogens is 3.